The van der Waals surface area contributed by atoms with Gasteiger partial charge in [0.05, 0.1) is 44.8 Å². The fourth-order valence-electron chi connectivity index (χ4n) is 8.82. The Labute approximate surface area is 342 Å². The number of anilines is 1. The first kappa shape index (κ1) is 44.3. The van der Waals surface area contributed by atoms with Crippen LogP contribution in [0.3, 0.4) is 0 Å². The molecule has 3 N–H and O–H groups in total. The number of ether oxygens (including phenoxy) is 6. The molecule has 0 aromatic heterocycles. The van der Waals surface area contributed by atoms with Crippen molar-refractivity contribution in [2.75, 3.05) is 59.1 Å². The summed E-state index contributed by atoms with van der Waals surface area (Å²) in [7, 11) is 3.05. The number of oxime groups is 1. The highest BCUT2D eigenvalue weighted by molar-refractivity contribution is 6.03. The van der Waals surface area contributed by atoms with Crippen LogP contribution in [0.4, 0.5) is 15.3 Å². The second-order valence-corrected chi connectivity index (χ2v) is 14.7. The predicted octanol–water partition coefficient (Wildman–Crippen LogP) is 7.84. The van der Waals surface area contributed by atoms with Crippen LogP contribution in [0.25, 0.3) is 0 Å². The number of nitrogens with one attached hydrogen (secondary N) is 1. The van der Waals surface area contributed by atoms with Crippen LogP contribution < -0.4 is 24.3 Å². The fourth-order valence-corrected chi connectivity index (χ4v) is 8.82. The molecule has 0 saturated heterocycles. The van der Waals surface area contributed by atoms with Crippen molar-refractivity contribution in [2.24, 2.45) is 22.9 Å². The van der Waals surface area contributed by atoms with Gasteiger partial charge in [0.15, 0.2) is 0 Å². The number of carbonyl (C=O) groups is 2. The van der Waals surface area contributed by atoms with Crippen molar-refractivity contribution in [2.45, 2.75) is 89.9 Å². The summed E-state index contributed by atoms with van der Waals surface area (Å²) in [5, 5.41) is 27.2. The smallest absolute Gasteiger partial charge is 0.417 e. The molecule has 1 heterocycles. The van der Waals surface area contributed by atoms with Crippen LogP contribution in [-0.2, 0) is 14.3 Å². The second-order valence-electron chi connectivity index (χ2n) is 14.7. The first-order valence-electron chi connectivity index (χ1n) is 20.6. The Bertz CT molecular complexity index is 1770. The Morgan fingerprint density at radius 3 is 2.43 bits per heavy atom. The SMILES string of the molecule is C=CCOC12Oc3ccc(OC(=O)Nc4ccc(OC)cc4OC)cc3C3C(CCCCO)C(CCCCO)C=C(C(=NOCC)CC1N(CCC)C(=O)OCC)C32. The van der Waals surface area contributed by atoms with E-state index in [1.807, 2.05) is 19.9 Å². The number of benzene rings is 2. The Kier molecular flexibility index (Phi) is 16.3. The number of hydrogen-bond donors (Lipinski definition) is 3. The van der Waals surface area contributed by atoms with Crippen LogP contribution in [-0.4, -0.2) is 98.6 Å². The van der Waals surface area contributed by atoms with E-state index in [2.05, 4.69) is 18.0 Å². The molecule has 2 aromatic carbocycles. The lowest BCUT2D eigenvalue weighted by Gasteiger charge is -2.59. The van der Waals surface area contributed by atoms with E-state index in [9.17, 15) is 19.8 Å². The highest BCUT2D eigenvalue weighted by Gasteiger charge is 2.65. The van der Waals surface area contributed by atoms with Crippen LogP contribution in [0.2, 0.25) is 0 Å². The molecule has 6 atom stereocenters. The molecule has 1 saturated carbocycles. The van der Waals surface area contributed by atoms with Gasteiger partial charge >= 0.3 is 12.2 Å². The monoisotopic (exact) mass is 807 g/mol. The van der Waals surface area contributed by atoms with E-state index in [0.717, 1.165) is 36.8 Å². The molecule has 1 aliphatic heterocycles. The first-order chi connectivity index (χ1) is 28.2. The maximum Gasteiger partial charge on any atom is 0.417 e. The number of aliphatic hydroxyl groups is 2. The average molecular weight is 808 g/mol. The van der Waals surface area contributed by atoms with Crippen molar-refractivity contribution in [3.05, 3.63) is 66.3 Å². The zero-order valence-electron chi connectivity index (χ0n) is 34.6. The lowest BCUT2D eigenvalue weighted by atomic mass is 9.55. The highest BCUT2D eigenvalue weighted by Crippen LogP contribution is 2.62. The van der Waals surface area contributed by atoms with Crippen molar-refractivity contribution in [1.82, 2.24) is 4.90 Å². The molecule has 2 aromatic rings. The molecule has 3 aliphatic rings. The molecule has 58 heavy (non-hydrogen) atoms. The number of methoxy groups -OCH3 is 2. The Balaban J connectivity index is 1.70. The van der Waals surface area contributed by atoms with Crippen LogP contribution >= 0.6 is 0 Å². The lowest BCUT2D eigenvalue weighted by molar-refractivity contribution is -0.255. The summed E-state index contributed by atoms with van der Waals surface area (Å²) in [6.45, 7) is 10.8. The standard InChI is InChI=1S/C44H61N3O11/c1-7-21-47(43(51)54-9-3)39-28-36(46-56-10-4)33-25-29(15-11-13-22-48)32(16-12-14-23-49)40-34-26-31(18-20-37(34)58-44(39,41(33)40)55-24-8-2)57-42(50)45-35-19-17-30(52-5)27-38(35)53-6/h8,17-20,25-27,29,32,39-41,48-49H,2,7,9-16,21-24,28H2,1,3-6H3,(H,45,50). The molecule has 2 aliphatic carbocycles. The number of fused-ring (bicyclic) bond motifs is 2. The van der Waals surface area contributed by atoms with Crippen LogP contribution in [0.1, 0.15) is 83.6 Å². The van der Waals surface area contributed by atoms with E-state index in [-0.39, 0.29) is 50.6 Å². The molecule has 1 fully saturated rings. The van der Waals surface area contributed by atoms with Crippen LogP contribution in [0.5, 0.6) is 23.0 Å². The van der Waals surface area contributed by atoms with Crippen LogP contribution in [0, 0.1) is 17.8 Å². The first-order valence-corrected chi connectivity index (χ1v) is 20.6. The van der Waals surface area contributed by atoms with Gasteiger partial charge in [-0.25, -0.2) is 9.59 Å². The maximum atomic E-state index is 13.9. The molecule has 318 valence electrons. The molecule has 6 unspecified atom stereocenters. The van der Waals surface area contributed by atoms with Gasteiger partial charge in [-0.05, 0) is 93.7 Å². The molecule has 0 radical (unpaired) electrons. The van der Waals surface area contributed by atoms with E-state index < -0.39 is 29.9 Å². The molecule has 0 spiro atoms. The predicted molar refractivity (Wildman–Crippen MR) is 220 cm³/mol. The van der Waals surface area contributed by atoms with Crippen molar-refractivity contribution in [1.29, 1.82) is 0 Å². The van der Waals surface area contributed by atoms with Crippen molar-refractivity contribution in [3.8, 4) is 23.0 Å². The Hall–Kier alpha value is -4.79. The highest BCUT2D eigenvalue weighted by atomic mass is 16.7. The summed E-state index contributed by atoms with van der Waals surface area (Å²) in [6, 6.07) is 9.69. The third-order valence-corrected chi connectivity index (χ3v) is 11.1. The minimum absolute atomic E-state index is 0.00435. The second kappa shape index (κ2) is 21.3. The number of carbonyl (C=O) groups excluding carboxylic acids is 2. The topological polar surface area (TPSA) is 167 Å². The summed E-state index contributed by atoms with van der Waals surface area (Å²) >= 11 is 0. The zero-order valence-corrected chi connectivity index (χ0v) is 34.6. The van der Waals surface area contributed by atoms with E-state index in [1.54, 1.807) is 55.3 Å². The fraction of sp³-hybridized carbons (Fsp3) is 0.568. The molecule has 14 nitrogen and oxygen atoms in total. The van der Waals surface area contributed by atoms with Gasteiger partial charge in [0.25, 0.3) is 0 Å². The molecule has 2 amide bonds. The summed E-state index contributed by atoms with van der Waals surface area (Å²) in [5.74, 6) is -0.371. The van der Waals surface area contributed by atoms with Gasteiger partial charge in [-0.1, -0.05) is 37.1 Å². The number of unbranched alkanes of at least 4 members (excludes halogenated alkanes) is 2. The van der Waals surface area contributed by atoms with Gasteiger partial charge < -0.3 is 43.5 Å². The molecular weight excluding hydrogens is 746 g/mol. The number of nitrogens with zero attached hydrogens (tertiary/aromatic N) is 2. The summed E-state index contributed by atoms with van der Waals surface area (Å²) < 4.78 is 36.5. The van der Waals surface area contributed by atoms with Gasteiger partial charge in [0.1, 0.15) is 35.6 Å². The Morgan fingerprint density at radius 2 is 1.76 bits per heavy atom. The normalized spacial score (nSPS) is 23.7. The maximum absolute atomic E-state index is 13.9. The van der Waals surface area contributed by atoms with Gasteiger partial charge in [0.2, 0.25) is 5.79 Å². The molecule has 5 rings (SSSR count). The molecular formula is C44H61N3O11. The third-order valence-electron chi connectivity index (χ3n) is 11.1. The van der Waals surface area contributed by atoms with E-state index in [1.165, 1.54) is 7.11 Å². The average Bonchev–Trinajstić information content (AvgIpc) is 3.22. The van der Waals surface area contributed by atoms with E-state index in [4.69, 9.17) is 38.4 Å². The van der Waals surface area contributed by atoms with Gasteiger partial charge in [0, 0.05) is 43.7 Å². The van der Waals surface area contributed by atoms with Crippen molar-refractivity contribution in [3.63, 3.8) is 0 Å². The van der Waals surface area contributed by atoms with Crippen molar-refractivity contribution >= 4 is 23.6 Å². The van der Waals surface area contributed by atoms with Crippen molar-refractivity contribution < 1.29 is 53.1 Å². The number of aliphatic hydroxyl groups excluding tert-OH is 2. The van der Waals surface area contributed by atoms with Gasteiger partial charge in [-0.3, -0.25) is 10.2 Å². The zero-order chi connectivity index (χ0) is 41.7. The van der Waals surface area contributed by atoms with Gasteiger partial charge in [-0.15, -0.1) is 6.58 Å². The third kappa shape index (κ3) is 9.73. The summed E-state index contributed by atoms with van der Waals surface area (Å²) in [4.78, 5) is 34.8. The van der Waals surface area contributed by atoms with E-state index in [0.29, 0.717) is 66.8 Å². The Morgan fingerprint density at radius 1 is 1.00 bits per heavy atom. The molecule has 0 bridgehead atoms. The molecule has 14 heteroatoms. The van der Waals surface area contributed by atoms with Gasteiger partial charge in [-0.2, -0.15) is 0 Å². The number of amides is 2. The largest absolute Gasteiger partial charge is 0.497 e. The summed E-state index contributed by atoms with van der Waals surface area (Å²) in [5.41, 5.74) is 2.82. The lowest BCUT2D eigenvalue weighted by Crippen LogP contribution is -2.70. The summed E-state index contributed by atoms with van der Waals surface area (Å²) in [6.07, 6.45) is 8.07. The number of allylic oxidation sites excluding steroid dienone is 1. The minimum atomic E-state index is -1.42. The van der Waals surface area contributed by atoms with E-state index >= 15 is 0 Å². The number of hydrogen-bond acceptors (Lipinski definition) is 12. The number of rotatable bonds is 21. The van der Waals surface area contributed by atoms with Crippen LogP contribution in [0.15, 0.2) is 65.9 Å². The quantitative estimate of drug-likeness (QED) is 0.0639. The minimum Gasteiger partial charge on any atom is -0.497 e.